The molecule has 204 valence electrons. The summed E-state index contributed by atoms with van der Waals surface area (Å²) in [7, 11) is 0. The predicted molar refractivity (Wildman–Crippen MR) is 150 cm³/mol. The summed E-state index contributed by atoms with van der Waals surface area (Å²) in [5.41, 5.74) is 3.03. The summed E-state index contributed by atoms with van der Waals surface area (Å²) in [5, 5.41) is 16.9. The molecule has 1 saturated carbocycles. The van der Waals surface area contributed by atoms with Gasteiger partial charge in [-0.05, 0) is 61.6 Å². The molecule has 2 aromatic carbocycles. The molecule has 5 rings (SSSR count). The molecule has 9 nitrogen and oxygen atoms in total. The van der Waals surface area contributed by atoms with Gasteiger partial charge in [0.25, 0.3) is 0 Å². The van der Waals surface area contributed by atoms with Crippen LogP contribution in [-0.4, -0.2) is 59.4 Å². The van der Waals surface area contributed by atoms with Gasteiger partial charge in [-0.1, -0.05) is 31.7 Å². The molecule has 0 unspecified atom stereocenters. The molecule has 9 heteroatoms. The van der Waals surface area contributed by atoms with E-state index in [2.05, 4.69) is 37.6 Å². The lowest BCUT2D eigenvalue weighted by atomic mass is 10.0. The van der Waals surface area contributed by atoms with Crippen molar-refractivity contribution < 1.29 is 14.6 Å². The number of amides is 1. The van der Waals surface area contributed by atoms with Crippen molar-refractivity contribution in [3.63, 3.8) is 0 Å². The van der Waals surface area contributed by atoms with Gasteiger partial charge in [-0.3, -0.25) is 4.79 Å². The number of carbonyl (C=O) groups is 1. The van der Waals surface area contributed by atoms with E-state index < -0.39 is 6.10 Å². The Balaban J connectivity index is 1.00. The second-order valence-corrected chi connectivity index (χ2v) is 10.7. The van der Waals surface area contributed by atoms with Gasteiger partial charge in [-0.25, -0.2) is 4.79 Å². The van der Waals surface area contributed by atoms with Gasteiger partial charge in [-0.15, -0.1) is 0 Å². The number of aromatic nitrogens is 2. The topological polar surface area (TPSA) is 122 Å². The van der Waals surface area contributed by atoms with Crippen LogP contribution in [0.5, 0.6) is 5.75 Å². The van der Waals surface area contributed by atoms with Crippen LogP contribution < -0.4 is 26.0 Å². The molecule has 1 amide bonds. The normalized spacial score (nSPS) is 17.7. The highest BCUT2D eigenvalue weighted by Crippen LogP contribution is 2.29. The molecule has 3 aromatic rings. The molecule has 1 aromatic heterocycles. The van der Waals surface area contributed by atoms with Gasteiger partial charge in [-0.2, -0.15) is 0 Å². The second kappa shape index (κ2) is 12.5. The van der Waals surface area contributed by atoms with Gasteiger partial charge in [0, 0.05) is 43.5 Å². The van der Waals surface area contributed by atoms with E-state index in [0.717, 1.165) is 49.6 Å². The Morgan fingerprint density at radius 3 is 2.58 bits per heavy atom. The molecule has 38 heavy (non-hydrogen) atoms. The van der Waals surface area contributed by atoms with Crippen LogP contribution in [-0.2, 0) is 4.79 Å². The standard InChI is InChI=1S/C29H39N5O4/c35-24(19-38-26-7-3-6-25-28(26)33-29(37)32-25)18-30-21-14-16-34(17-15-21)23-11-9-22(10-12-23)31-27(36)13-8-20-4-1-2-5-20/h3,6-7,9-12,20-21,24,30,35H,1-2,4-5,8,13-19H2,(H,31,36)(H2,32,33,37)/t24-/m0/s1. The fourth-order valence-electron chi connectivity index (χ4n) is 5.65. The maximum Gasteiger partial charge on any atom is 0.323 e. The first-order chi connectivity index (χ1) is 18.5. The monoisotopic (exact) mass is 521 g/mol. The number of aliphatic hydroxyl groups excluding tert-OH is 1. The number of rotatable bonds is 11. The third kappa shape index (κ3) is 6.96. The van der Waals surface area contributed by atoms with Gasteiger partial charge in [0.2, 0.25) is 5.91 Å². The molecule has 0 bridgehead atoms. The first-order valence-corrected chi connectivity index (χ1v) is 13.9. The number of aliphatic hydroxyl groups is 1. The minimum Gasteiger partial charge on any atom is -0.489 e. The highest BCUT2D eigenvalue weighted by molar-refractivity contribution is 5.90. The molecule has 2 fully saturated rings. The second-order valence-electron chi connectivity index (χ2n) is 10.7. The third-order valence-electron chi connectivity index (χ3n) is 7.85. The zero-order valence-corrected chi connectivity index (χ0v) is 21.9. The molecule has 1 saturated heterocycles. The summed E-state index contributed by atoms with van der Waals surface area (Å²) in [6.45, 7) is 2.45. The smallest absolute Gasteiger partial charge is 0.323 e. The van der Waals surface area contributed by atoms with E-state index in [1.165, 1.54) is 25.7 Å². The van der Waals surface area contributed by atoms with E-state index in [1.807, 2.05) is 12.1 Å². The lowest BCUT2D eigenvalue weighted by Gasteiger charge is -2.34. The van der Waals surface area contributed by atoms with E-state index in [4.69, 9.17) is 4.74 Å². The van der Waals surface area contributed by atoms with Crippen LogP contribution in [0.1, 0.15) is 51.4 Å². The van der Waals surface area contributed by atoms with E-state index >= 15 is 0 Å². The fraction of sp³-hybridized carbons (Fsp3) is 0.517. The van der Waals surface area contributed by atoms with Crippen LogP contribution in [0.25, 0.3) is 11.0 Å². The molecule has 1 aliphatic heterocycles. The summed E-state index contributed by atoms with van der Waals surface area (Å²) < 4.78 is 5.76. The summed E-state index contributed by atoms with van der Waals surface area (Å²) >= 11 is 0. The maximum absolute atomic E-state index is 12.3. The Hall–Kier alpha value is -3.30. The van der Waals surface area contributed by atoms with Gasteiger partial charge in [0.1, 0.15) is 24.0 Å². The van der Waals surface area contributed by atoms with Gasteiger partial charge < -0.3 is 35.3 Å². The van der Waals surface area contributed by atoms with Crippen LogP contribution in [0, 0.1) is 5.92 Å². The number of nitrogens with one attached hydrogen (secondary N) is 4. The van der Waals surface area contributed by atoms with Crippen molar-refractivity contribution in [1.82, 2.24) is 15.3 Å². The molecular formula is C29H39N5O4. The minimum atomic E-state index is -0.658. The minimum absolute atomic E-state index is 0.112. The van der Waals surface area contributed by atoms with E-state index in [0.29, 0.717) is 35.8 Å². The number of carbonyl (C=O) groups excluding carboxylic acids is 1. The molecule has 1 aliphatic carbocycles. The Bertz CT molecular complexity index is 1240. The summed E-state index contributed by atoms with van der Waals surface area (Å²) in [5.74, 6) is 1.39. The van der Waals surface area contributed by atoms with Gasteiger partial charge in [0.05, 0.1) is 5.52 Å². The number of benzene rings is 2. The van der Waals surface area contributed by atoms with Crippen molar-refractivity contribution in [1.29, 1.82) is 0 Å². The number of para-hydroxylation sites is 1. The van der Waals surface area contributed by atoms with Crippen molar-refractivity contribution in [2.24, 2.45) is 5.92 Å². The van der Waals surface area contributed by atoms with Crippen molar-refractivity contribution in [2.45, 2.75) is 63.5 Å². The molecule has 2 aliphatic rings. The SMILES string of the molecule is O=C(CCC1CCCC1)Nc1ccc(N2CCC(NC[C@H](O)COc3cccc4[nH]c(=O)[nH]c34)CC2)cc1. The van der Waals surface area contributed by atoms with Crippen LogP contribution >= 0.6 is 0 Å². The number of aromatic amines is 2. The Morgan fingerprint density at radius 1 is 1.05 bits per heavy atom. The average Bonchev–Trinajstić information content (AvgIpc) is 3.59. The number of ether oxygens (including phenoxy) is 1. The molecule has 0 spiro atoms. The number of anilines is 2. The molecular weight excluding hydrogens is 482 g/mol. The molecule has 0 radical (unpaired) electrons. The van der Waals surface area contributed by atoms with Crippen molar-refractivity contribution in [3.8, 4) is 5.75 Å². The van der Waals surface area contributed by atoms with Crippen LogP contribution in [0.2, 0.25) is 0 Å². The zero-order valence-electron chi connectivity index (χ0n) is 21.9. The van der Waals surface area contributed by atoms with Crippen LogP contribution in [0.3, 0.4) is 0 Å². The van der Waals surface area contributed by atoms with Crippen molar-refractivity contribution >= 4 is 28.3 Å². The number of hydrogen-bond donors (Lipinski definition) is 5. The van der Waals surface area contributed by atoms with Crippen LogP contribution in [0.15, 0.2) is 47.3 Å². The first kappa shape index (κ1) is 26.3. The summed E-state index contributed by atoms with van der Waals surface area (Å²) in [4.78, 5) is 31.6. The number of imidazole rings is 1. The Kier molecular flexibility index (Phi) is 8.65. The quantitative estimate of drug-likeness (QED) is 0.262. The van der Waals surface area contributed by atoms with Crippen molar-refractivity contribution in [3.05, 3.63) is 52.9 Å². The third-order valence-corrected chi connectivity index (χ3v) is 7.85. The number of H-pyrrole nitrogens is 2. The highest BCUT2D eigenvalue weighted by Gasteiger charge is 2.21. The number of hydrogen-bond acceptors (Lipinski definition) is 6. The number of fused-ring (bicyclic) bond motifs is 1. The lowest BCUT2D eigenvalue weighted by molar-refractivity contribution is -0.116. The molecule has 5 N–H and O–H groups in total. The van der Waals surface area contributed by atoms with Crippen LogP contribution in [0.4, 0.5) is 11.4 Å². The van der Waals surface area contributed by atoms with Gasteiger partial charge in [0.15, 0.2) is 0 Å². The first-order valence-electron chi connectivity index (χ1n) is 13.9. The Morgan fingerprint density at radius 2 is 1.82 bits per heavy atom. The van der Waals surface area contributed by atoms with E-state index in [1.54, 1.807) is 18.2 Å². The molecule has 2 heterocycles. The van der Waals surface area contributed by atoms with Crippen molar-refractivity contribution in [2.75, 3.05) is 36.5 Å². The zero-order chi connectivity index (χ0) is 26.3. The largest absolute Gasteiger partial charge is 0.489 e. The number of nitrogens with zero attached hydrogens (tertiary/aromatic N) is 1. The molecule has 1 atom stereocenters. The highest BCUT2D eigenvalue weighted by atomic mass is 16.5. The average molecular weight is 522 g/mol. The van der Waals surface area contributed by atoms with E-state index in [-0.39, 0.29) is 18.2 Å². The number of piperidine rings is 1. The predicted octanol–water partition coefficient (Wildman–Crippen LogP) is 3.76. The summed E-state index contributed by atoms with van der Waals surface area (Å²) in [6.07, 6.45) is 8.10. The summed E-state index contributed by atoms with van der Waals surface area (Å²) in [6, 6.07) is 13.9. The lowest BCUT2D eigenvalue weighted by Crippen LogP contribution is -2.45. The fourth-order valence-corrected chi connectivity index (χ4v) is 5.65. The van der Waals surface area contributed by atoms with E-state index in [9.17, 15) is 14.7 Å². The Labute approximate surface area is 223 Å². The van der Waals surface area contributed by atoms with Gasteiger partial charge >= 0.3 is 5.69 Å². The maximum atomic E-state index is 12.3.